The summed E-state index contributed by atoms with van der Waals surface area (Å²) in [5.41, 5.74) is 0.853. The minimum absolute atomic E-state index is 0.0276. The average Bonchev–Trinajstić information content (AvgIpc) is 2.36. The Morgan fingerprint density at radius 2 is 1.76 bits per heavy atom. The summed E-state index contributed by atoms with van der Waals surface area (Å²) in [4.78, 5) is 0.196. The SMILES string of the molecule is Cc1cc(F)cc(C)c1S(=O)(=O)NCC1(C)CCNCC1. The van der Waals surface area contributed by atoms with Crippen molar-refractivity contribution in [2.45, 2.75) is 38.5 Å². The first kappa shape index (κ1) is 16.4. The van der Waals surface area contributed by atoms with Crippen molar-refractivity contribution >= 4 is 10.0 Å². The lowest BCUT2D eigenvalue weighted by Crippen LogP contribution is -2.43. The molecule has 21 heavy (non-hydrogen) atoms. The molecule has 2 rings (SSSR count). The van der Waals surface area contributed by atoms with Crippen LogP contribution in [0.3, 0.4) is 0 Å². The molecule has 0 saturated carbocycles. The summed E-state index contributed by atoms with van der Waals surface area (Å²) in [7, 11) is -3.61. The molecule has 1 aromatic carbocycles. The van der Waals surface area contributed by atoms with Crippen LogP contribution in [-0.4, -0.2) is 28.1 Å². The quantitative estimate of drug-likeness (QED) is 0.895. The number of hydrogen-bond acceptors (Lipinski definition) is 3. The maximum absolute atomic E-state index is 13.3. The van der Waals surface area contributed by atoms with E-state index in [0.29, 0.717) is 17.7 Å². The van der Waals surface area contributed by atoms with E-state index in [2.05, 4.69) is 17.0 Å². The molecule has 2 N–H and O–H groups in total. The first-order chi connectivity index (χ1) is 9.73. The average molecular weight is 314 g/mol. The van der Waals surface area contributed by atoms with Crippen molar-refractivity contribution in [3.63, 3.8) is 0 Å². The smallest absolute Gasteiger partial charge is 0.241 e. The van der Waals surface area contributed by atoms with Gasteiger partial charge in [0.15, 0.2) is 0 Å². The van der Waals surface area contributed by atoms with Crippen LogP contribution in [0.2, 0.25) is 0 Å². The van der Waals surface area contributed by atoms with E-state index in [0.717, 1.165) is 25.9 Å². The highest BCUT2D eigenvalue weighted by atomic mass is 32.2. The zero-order valence-corrected chi connectivity index (χ0v) is 13.6. The van der Waals surface area contributed by atoms with Crippen LogP contribution in [0.15, 0.2) is 17.0 Å². The first-order valence-electron chi connectivity index (χ1n) is 7.21. The fraction of sp³-hybridized carbons (Fsp3) is 0.600. The summed E-state index contributed by atoms with van der Waals surface area (Å²) >= 11 is 0. The molecule has 118 valence electrons. The van der Waals surface area contributed by atoms with Gasteiger partial charge in [-0.1, -0.05) is 6.92 Å². The topological polar surface area (TPSA) is 58.2 Å². The van der Waals surface area contributed by atoms with Crippen LogP contribution in [0.4, 0.5) is 4.39 Å². The van der Waals surface area contributed by atoms with Gasteiger partial charge in [-0.15, -0.1) is 0 Å². The summed E-state index contributed by atoms with van der Waals surface area (Å²) in [6.45, 7) is 7.57. The molecule has 4 nitrogen and oxygen atoms in total. The van der Waals surface area contributed by atoms with Gasteiger partial charge in [0.05, 0.1) is 4.90 Å². The van der Waals surface area contributed by atoms with Crippen molar-refractivity contribution in [2.75, 3.05) is 19.6 Å². The van der Waals surface area contributed by atoms with Gasteiger partial charge in [0.2, 0.25) is 10.0 Å². The number of aryl methyl sites for hydroxylation is 2. The Morgan fingerprint density at radius 1 is 1.24 bits per heavy atom. The molecule has 1 aliphatic rings. The van der Waals surface area contributed by atoms with Crippen LogP contribution >= 0.6 is 0 Å². The largest absolute Gasteiger partial charge is 0.317 e. The number of piperidine rings is 1. The molecule has 1 saturated heterocycles. The van der Waals surface area contributed by atoms with Crippen molar-refractivity contribution in [3.8, 4) is 0 Å². The van der Waals surface area contributed by atoms with Gasteiger partial charge in [0.1, 0.15) is 5.82 Å². The number of hydrogen-bond donors (Lipinski definition) is 2. The molecule has 6 heteroatoms. The second kappa shape index (κ2) is 6.02. The van der Waals surface area contributed by atoms with E-state index in [-0.39, 0.29) is 10.3 Å². The highest BCUT2D eigenvalue weighted by Gasteiger charge is 2.29. The molecule has 0 aromatic heterocycles. The van der Waals surface area contributed by atoms with Crippen molar-refractivity contribution in [2.24, 2.45) is 5.41 Å². The number of nitrogens with one attached hydrogen (secondary N) is 2. The summed E-state index contributed by atoms with van der Waals surface area (Å²) < 4.78 is 41.1. The molecule has 1 fully saturated rings. The molecule has 0 bridgehead atoms. The third kappa shape index (κ3) is 3.81. The summed E-state index contributed by atoms with van der Waals surface area (Å²) in [6.07, 6.45) is 1.88. The Balaban J connectivity index is 2.19. The fourth-order valence-electron chi connectivity index (χ4n) is 2.87. The summed E-state index contributed by atoms with van der Waals surface area (Å²) in [6, 6.07) is 2.52. The molecule has 1 aliphatic heterocycles. The van der Waals surface area contributed by atoms with Crippen molar-refractivity contribution in [1.29, 1.82) is 0 Å². The number of halogens is 1. The summed E-state index contributed by atoms with van der Waals surface area (Å²) in [5.74, 6) is -0.408. The molecular formula is C15H23FN2O2S. The normalized spacial score (nSPS) is 18.7. The molecule has 0 atom stereocenters. The van der Waals surface area contributed by atoms with E-state index in [4.69, 9.17) is 0 Å². The van der Waals surface area contributed by atoms with Crippen LogP contribution < -0.4 is 10.0 Å². The van der Waals surface area contributed by atoms with Gasteiger partial charge in [0, 0.05) is 6.54 Å². The van der Waals surface area contributed by atoms with Gasteiger partial charge in [-0.2, -0.15) is 0 Å². The Bertz CT molecular complexity index is 600. The van der Waals surface area contributed by atoms with Gasteiger partial charge in [-0.25, -0.2) is 17.5 Å². The Labute approximate surface area is 126 Å². The molecule has 0 radical (unpaired) electrons. The highest BCUT2D eigenvalue weighted by molar-refractivity contribution is 7.89. The molecule has 0 aliphatic carbocycles. The van der Waals surface area contributed by atoms with E-state index in [1.54, 1.807) is 13.8 Å². The highest BCUT2D eigenvalue weighted by Crippen LogP contribution is 2.28. The third-order valence-electron chi connectivity index (χ3n) is 4.19. The zero-order valence-electron chi connectivity index (χ0n) is 12.8. The Hall–Kier alpha value is -0.980. The molecular weight excluding hydrogens is 291 g/mol. The molecule has 0 spiro atoms. The monoisotopic (exact) mass is 314 g/mol. The van der Waals surface area contributed by atoms with Crippen molar-refractivity contribution in [3.05, 3.63) is 29.1 Å². The van der Waals surface area contributed by atoms with Crippen LogP contribution in [0.1, 0.15) is 30.9 Å². The predicted molar refractivity (Wildman–Crippen MR) is 81.3 cm³/mol. The Kier molecular flexibility index (Phi) is 4.70. The zero-order chi connectivity index (χ0) is 15.7. The van der Waals surface area contributed by atoms with Crippen molar-refractivity contribution < 1.29 is 12.8 Å². The molecule has 0 unspecified atom stereocenters. The lowest BCUT2D eigenvalue weighted by Gasteiger charge is -2.34. The van der Waals surface area contributed by atoms with E-state index < -0.39 is 15.8 Å². The minimum Gasteiger partial charge on any atom is -0.317 e. The predicted octanol–water partition coefficient (Wildman–Crippen LogP) is 2.11. The van der Waals surface area contributed by atoms with E-state index in [9.17, 15) is 12.8 Å². The standard InChI is InChI=1S/C15H23FN2O2S/c1-11-8-13(16)9-12(2)14(11)21(19,20)18-10-15(3)4-6-17-7-5-15/h8-9,17-18H,4-7,10H2,1-3H3. The lowest BCUT2D eigenvalue weighted by molar-refractivity contribution is 0.232. The fourth-order valence-corrected chi connectivity index (χ4v) is 4.52. The van der Waals surface area contributed by atoms with E-state index >= 15 is 0 Å². The van der Waals surface area contributed by atoms with Crippen LogP contribution in [0, 0.1) is 25.1 Å². The number of sulfonamides is 1. The van der Waals surface area contributed by atoms with Gasteiger partial charge < -0.3 is 5.32 Å². The number of benzene rings is 1. The molecule has 1 heterocycles. The first-order valence-corrected chi connectivity index (χ1v) is 8.69. The van der Waals surface area contributed by atoms with Crippen LogP contribution in [0.5, 0.6) is 0 Å². The maximum atomic E-state index is 13.3. The Morgan fingerprint density at radius 3 is 2.29 bits per heavy atom. The van der Waals surface area contributed by atoms with E-state index in [1.165, 1.54) is 12.1 Å². The minimum atomic E-state index is -3.61. The van der Waals surface area contributed by atoms with Crippen molar-refractivity contribution in [1.82, 2.24) is 10.0 Å². The lowest BCUT2D eigenvalue weighted by atomic mass is 9.81. The van der Waals surface area contributed by atoms with Gasteiger partial charge >= 0.3 is 0 Å². The third-order valence-corrected chi connectivity index (χ3v) is 5.90. The second-order valence-electron chi connectivity index (χ2n) is 6.25. The molecule has 0 amide bonds. The van der Waals surface area contributed by atoms with Gasteiger partial charge in [-0.05, 0) is 68.5 Å². The maximum Gasteiger partial charge on any atom is 0.241 e. The number of rotatable bonds is 4. The second-order valence-corrected chi connectivity index (χ2v) is 7.96. The summed E-state index contributed by atoms with van der Waals surface area (Å²) in [5, 5.41) is 3.27. The van der Waals surface area contributed by atoms with Gasteiger partial charge in [0.25, 0.3) is 0 Å². The van der Waals surface area contributed by atoms with Crippen LogP contribution in [-0.2, 0) is 10.0 Å². The van der Waals surface area contributed by atoms with Gasteiger partial charge in [-0.3, -0.25) is 0 Å². The molecule has 1 aromatic rings. The van der Waals surface area contributed by atoms with Crippen LogP contribution in [0.25, 0.3) is 0 Å². The van der Waals surface area contributed by atoms with E-state index in [1.807, 2.05) is 0 Å².